The number of benzene rings is 2. The summed E-state index contributed by atoms with van der Waals surface area (Å²) in [5, 5.41) is 4.88. The molecule has 1 unspecified atom stereocenters. The van der Waals surface area contributed by atoms with Gasteiger partial charge in [-0.1, -0.05) is 60.2 Å². The summed E-state index contributed by atoms with van der Waals surface area (Å²) in [5.74, 6) is -2.12. The van der Waals surface area contributed by atoms with E-state index < -0.39 is 30.4 Å². The van der Waals surface area contributed by atoms with Crippen molar-refractivity contribution in [1.82, 2.24) is 10.6 Å². The van der Waals surface area contributed by atoms with Gasteiger partial charge in [0.15, 0.2) is 6.61 Å². The molecule has 3 amide bonds. The van der Waals surface area contributed by atoms with E-state index in [4.69, 9.17) is 4.74 Å². The van der Waals surface area contributed by atoms with Crippen LogP contribution in [-0.2, 0) is 30.3 Å². The average molecular weight is 396 g/mol. The quantitative estimate of drug-likeness (QED) is 0.665. The highest BCUT2D eigenvalue weighted by Gasteiger charge is 2.19. The van der Waals surface area contributed by atoms with Gasteiger partial charge in [-0.2, -0.15) is 0 Å². The topological polar surface area (TPSA) is 102 Å². The molecule has 0 radical (unpaired) electrons. The summed E-state index contributed by atoms with van der Waals surface area (Å²) in [6, 6.07) is 15.8. The molecule has 7 nitrogen and oxygen atoms in total. The number of amides is 3. The number of rotatable bonds is 8. The fourth-order valence-corrected chi connectivity index (χ4v) is 2.69. The van der Waals surface area contributed by atoms with Gasteiger partial charge in [0.2, 0.25) is 11.8 Å². The lowest BCUT2D eigenvalue weighted by atomic mass is 10.0. The second-order valence-electron chi connectivity index (χ2n) is 6.66. The van der Waals surface area contributed by atoms with Crippen LogP contribution in [0.15, 0.2) is 54.6 Å². The third kappa shape index (κ3) is 7.96. The Morgan fingerprint density at radius 1 is 0.931 bits per heavy atom. The van der Waals surface area contributed by atoms with E-state index in [1.54, 1.807) is 24.3 Å². The van der Waals surface area contributed by atoms with Crippen molar-refractivity contribution in [3.05, 3.63) is 71.3 Å². The molecule has 2 aromatic carbocycles. The van der Waals surface area contributed by atoms with E-state index >= 15 is 0 Å². The van der Waals surface area contributed by atoms with Gasteiger partial charge in [0, 0.05) is 6.92 Å². The van der Waals surface area contributed by atoms with E-state index in [2.05, 4.69) is 10.6 Å². The van der Waals surface area contributed by atoms with Crippen LogP contribution in [0, 0.1) is 6.92 Å². The minimum Gasteiger partial charge on any atom is -0.455 e. The van der Waals surface area contributed by atoms with E-state index in [0.717, 1.165) is 16.7 Å². The predicted octanol–water partition coefficient (Wildman–Crippen LogP) is 1.99. The monoisotopic (exact) mass is 396 g/mol. The van der Waals surface area contributed by atoms with Crippen LogP contribution in [0.25, 0.3) is 0 Å². The van der Waals surface area contributed by atoms with Crippen molar-refractivity contribution in [2.75, 3.05) is 6.61 Å². The van der Waals surface area contributed by atoms with E-state index in [-0.39, 0.29) is 18.7 Å². The SMILES string of the molecule is CC(=O)NC(CC(=O)OCC(=O)NC(=O)Cc1ccccc1)c1ccc(C)cc1. The molecule has 0 aliphatic rings. The van der Waals surface area contributed by atoms with Crippen LogP contribution >= 0.6 is 0 Å². The molecule has 0 saturated heterocycles. The third-order valence-corrected chi connectivity index (χ3v) is 4.08. The van der Waals surface area contributed by atoms with Gasteiger partial charge >= 0.3 is 5.97 Å². The zero-order chi connectivity index (χ0) is 21.2. The lowest BCUT2D eigenvalue weighted by Gasteiger charge is -2.18. The van der Waals surface area contributed by atoms with Crippen LogP contribution in [0.4, 0.5) is 0 Å². The summed E-state index contributed by atoms with van der Waals surface area (Å²) in [7, 11) is 0. The molecular weight excluding hydrogens is 372 g/mol. The Morgan fingerprint density at radius 2 is 1.59 bits per heavy atom. The Labute approximate surface area is 169 Å². The normalized spacial score (nSPS) is 11.2. The number of ether oxygens (including phenoxy) is 1. The molecule has 2 N–H and O–H groups in total. The second kappa shape index (κ2) is 10.8. The molecule has 7 heteroatoms. The number of carbonyl (C=O) groups excluding carboxylic acids is 4. The fraction of sp³-hybridized carbons (Fsp3) is 0.273. The van der Waals surface area contributed by atoms with Crippen LogP contribution in [0.3, 0.4) is 0 Å². The Hall–Kier alpha value is -3.48. The number of hydrogen-bond donors (Lipinski definition) is 2. The van der Waals surface area contributed by atoms with Crippen molar-refractivity contribution in [3.8, 4) is 0 Å². The van der Waals surface area contributed by atoms with Gasteiger partial charge in [-0.25, -0.2) is 0 Å². The van der Waals surface area contributed by atoms with Gasteiger partial charge in [-0.15, -0.1) is 0 Å². The zero-order valence-corrected chi connectivity index (χ0v) is 16.4. The van der Waals surface area contributed by atoms with Crippen molar-refractivity contribution < 1.29 is 23.9 Å². The van der Waals surface area contributed by atoms with Gasteiger partial charge < -0.3 is 10.1 Å². The van der Waals surface area contributed by atoms with Gasteiger partial charge in [0.05, 0.1) is 18.9 Å². The Morgan fingerprint density at radius 3 is 2.21 bits per heavy atom. The number of esters is 1. The highest BCUT2D eigenvalue weighted by Crippen LogP contribution is 2.18. The van der Waals surface area contributed by atoms with Crippen molar-refractivity contribution in [1.29, 1.82) is 0 Å². The molecule has 0 bridgehead atoms. The molecule has 0 aliphatic carbocycles. The molecule has 1 atom stereocenters. The molecule has 0 spiro atoms. The van der Waals surface area contributed by atoms with Gasteiger partial charge in [0.1, 0.15) is 0 Å². The van der Waals surface area contributed by atoms with Gasteiger partial charge in [-0.3, -0.25) is 24.5 Å². The summed E-state index contributed by atoms with van der Waals surface area (Å²) in [6.07, 6.45) is -0.0769. The molecular formula is C22H24N2O5. The Balaban J connectivity index is 1.83. The molecule has 2 rings (SSSR count). The molecule has 0 aromatic heterocycles. The lowest BCUT2D eigenvalue weighted by molar-refractivity contribution is -0.150. The van der Waals surface area contributed by atoms with E-state index in [0.29, 0.717) is 0 Å². The first kappa shape index (κ1) is 21.8. The van der Waals surface area contributed by atoms with Crippen LogP contribution in [0.1, 0.15) is 36.1 Å². The number of hydrogen-bond acceptors (Lipinski definition) is 5. The summed E-state index contributed by atoms with van der Waals surface area (Å²) >= 11 is 0. The molecule has 29 heavy (non-hydrogen) atoms. The summed E-state index contributed by atoms with van der Waals surface area (Å²) in [5.41, 5.74) is 2.58. The zero-order valence-electron chi connectivity index (χ0n) is 16.4. The molecule has 0 fully saturated rings. The van der Waals surface area contributed by atoms with Crippen LogP contribution in [0.2, 0.25) is 0 Å². The lowest BCUT2D eigenvalue weighted by Crippen LogP contribution is -2.35. The number of aryl methyl sites for hydroxylation is 1. The second-order valence-corrected chi connectivity index (χ2v) is 6.66. The summed E-state index contributed by atoms with van der Waals surface area (Å²) < 4.78 is 4.96. The van der Waals surface area contributed by atoms with Crippen molar-refractivity contribution in [3.63, 3.8) is 0 Å². The van der Waals surface area contributed by atoms with E-state index in [1.165, 1.54) is 6.92 Å². The van der Waals surface area contributed by atoms with Gasteiger partial charge in [0.25, 0.3) is 5.91 Å². The van der Waals surface area contributed by atoms with E-state index in [9.17, 15) is 19.2 Å². The Bertz CT molecular complexity index is 863. The average Bonchev–Trinajstić information content (AvgIpc) is 2.67. The summed E-state index contributed by atoms with van der Waals surface area (Å²) in [4.78, 5) is 47.3. The minimum atomic E-state index is -0.703. The molecule has 152 valence electrons. The summed E-state index contributed by atoms with van der Waals surface area (Å²) in [6.45, 7) is 2.72. The molecule has 0 aliphatic heterocycles. The maximum atomic E-state index is 12.1. The first-order valence-corrected chi connectivity index (χ1v) is 9.19. The van der Waals surface area contributed by atoms with E-state index in [1.807, 2.05) is 37.3 Å². The third-order valence-electron chi connectivity index (χ3n) is 4.08. The number of carbonyl (C=O) groups is 4. The molecule has 0 saturated carbocycles. The molecule has 2 aromatic rings. The first-order valence-electron chi connectivity index (χ1n) is 9.19. The van der Waals surface area contributed by atoms with Crippen LogP contribution < -0.4 is 10.6 Å². The van der Waals surface area contributed by atoms with Gasteiger partial charge in [-0.05, 0) is 18.1 Å². The largest absolute Gasteiger partial charge is 0.455 e. The first-order chi connectivity index (χ1) is 13.8. The number of imide groups is 1. The Kier molecular flexibility index (Phi) is 8.09. The maximum Gasteiger partial charge on any atom is 0.308 e. The van der Waals surface area contributed by atoms with Crippen molar-refractivity contribution in [2.45, 2.75) is 32.7 Å². The van der Waals surface area contributed by atoms with Crippen molar-refractivity contribution in [2.24, 2.45) is 0 Å². The van der Waals surface area contributed by atoms with Crippen LogP contribution in [-0.4, -0.2) is 30.3 Å². The standard InChI is InChI=1S/C22H24N2O5/c1-15-8-10-18(11-9-15)19(23-16(2)25)13-22(28)29-14-21(27)24-20(26)12-17-6-4-3-5-7-17/h3-11,19H,12-14H2,1-2H3,(H,23,25)(H,24,26,27). The maximum absolute atomic E-state index is 12.1. The predicted molar refractivity (Wildman–Crippen MR) is 107 cm³/mol. The van der Waals surface area contributed by atoms with Crippen LogP contribution in [0.5, 0.6) is 0 Å². The number of nitrogens with one attached hydrogen (secondary N) is 2. The highest BCUT2D eigenvalue weighted by molar-refractivity contribution is 5.97. The van der Waals surface area contributed by atoms with Crippen molar-refractivity contribution >= 4 is 23.7 Å². The molecule has 0 heterocycles. The highest BCUT2D eigenvalue weighted by atomic mass is 16.5. The fourth-order valence-electron chi connectivity index (χ4n) is 2.69. The minimum absolute atomic E-state index is 0.0541. The smallest absolute Gasteiger partial charge is 0.308 e.